The Balaban J connectivity index is 0.00000180. The van der Waals surface area contributed by atoms with E-state index in [-0.39, 0.29) is 36.5 Å². The van der Waals surface area contributed by atoms with E-state index < -0.39 is 5.54 Å². The molecule has 20 heavy (non-hydrogen) atoms. The van der Waals surface area contributed by atoms with Crippen LogP contribution in [-0.2, 0) is 11.3 Å². The highest BCUT2D eigenvalue weighted by atomic mass is 35.5. The SMILES string of the molecule is Cl.Cl.NC(=O)C1(NCc2ccc(F)cc2)CCNCC1. The van der Waals surface area contributed by atoms with Gasteiger partial charge >= 0.3 is 0 Å². The molecule has 0 atom stereocenters. The van der Waals surface area contributed by atoms with Crippen molar-refractivity contribution in [3.05, 3.63) is 35.6 Å². The number of hydrogen-bond acceptors (Lipinski definition) is 3. The van der Waals surface area contributed by atoms with Crippen LogP contribution in [-0.4, -0.2) is 24.5 Å². The van der Waals surface area contributed by atoms with Crippen molar-refractivity contribution in [2.75, 3.05) is 13.1 Å². The molecule has 0 bridgehead atoms. The number of carbonyl (C=O) groups is 1. The van der Waals surface area contributed by atoms with Crippen molar-refractivity contribution >= 4 is 30.7 Å². The normalized spacial score (nSPS) is 16.6. The molecule has 0 radical (unpaired) electrons. The van der Waals surface area contributed by atoms with Crippen molar-refractivity contribution in [2.24, 2.45) is 5.73 Å². The van der Waals surface area contributed by atoms with Gasteiger partial charge in [-0.15, -0.1) is 24.8 Å². The first kappa shape index (κ1) is 19.1. The highest BCUT2D eigenvalue weighted by Crippen LogP contribution is 2.18. The van der Waals surface area contributed by atoms with Gasteiger partial charge in [0.15, 0.2) is 0 Å². The molecule has 0 aliphatic carbocycles. The van der Waals surface area contributed by atoms with Gasteiger partial charge in [0.25, 0.3) is 0 Å². The lowest BCUT2D eigenvalue weighted by molar-refractivity contribution is -0.125. The Morgan fingerprint density at radius 3 is 2.30 bits per heavy atom. The fourth-order valence-corrected chi connectivity index (χ4v) is 2.24. The van der Waals surface area contributed by atoms with Crippen molar-refractivity contribution in [1.82, 2.24) is 10.6 Å². The Bertz CT molecular complexity index is 422. The first-order chi connectivity index (χ1) is 8.62. The molecule has 0 unspecified atom stereocenters. The van der Waals surface area contributed by atoms with E-state index in [1.165, 1.54) is 12.1 Å². The van der Waals surface area contributed by atoms with E-state index in [0.717, 1.165) is 18.7 Å². The predicted molar refractivity (Wildman–Crippen MR) is 81.8 cm³/mol. The van der Waals surface area contributed by atoms with Gasteiger partial charge in [0.05, 0.1) is 0 Å². The molecule has 1 aromatic rings. The molecule has 1 fully saturated rings. The average Bonchev–Trinajstić information content (AvgIpc) is 2.39. The van der Waals surface area contributed by atoms with Crippen LogP contribution in [0.2, 0.25) is 0 Å². The molecule has 0 saturated carbocycles. The number of piperidine rings is 1. The van der Waals surface area contributed by atoms with Crippen LogP contribution < -0.4 is 16.4 Å². The zero-order valence-electron chi connectivity index (χ0n) is 11.0. The summed E-state index contributed by atoms with van der Waals surface area (Å²) < 4.78 is 12.8. The van der Waals surface area contributed by atoms with Gasteiger partial charge in [-0.3, -0.25) is 10.1 Å². The van der Waals surface area contributed by atoms with Crippen molar-refractivity contribution < 1.29 is 9.18 Å². The highest BCUT2D eigenvalue weighted by molar-refractivity contribution is 5.85. The van der Waals surface area contributed by atoms with Gasteiger partial charge in [-0.25, -0.2) is 4.39 Å². The third-order valence-corrected chi connectivity index (χ3v) is 3.47. The molecule has 0 spiro atoms. The van der Waals surface area contributed by atoms with Gasteiger partial charge in [0.2, 0.25) is 5.91 Å². The summed E-state index contributed by atoms with van der Waals surface area (Å²) >= 11 is 0. The minimum absolute atomic E-state index is 0. The van der Waals surface area contributed by atoms with Crippen LogP contribution in [0.3, 0.4) is 0 Å². The van der Waals surface area contributed by atoms with Gasteiger partial charge < -0.3 is 11.1 Å². The van der Waals surface area contributed by atoms with Crippen LogP contribution in [0.5, 0.6) is 0 Å². The molecular weight excluding hydrogens is 304 g/mol. The van der Waals surface area contributed by atoms with E-state index in [1.54, 1.807) is 12.1 Å². The van der Waals surface area contributed by atoms with Crippen molar-refractivity contribution in [1.29, 1.82) is 0 Å². The minimum atomic E-state index is -0.639. The van der Waals surface area contributed by atoms with Crippen LogP contribution >= 0.6 is 24.8 Å². The van der Waals surface area contributed by atoms with Crippen molar-refractivity contribution in [3.8, 4) is 0 Å². The van der Waals surface area contributed by atoms with Gasteiger partial charge in [-0.1, -0.05) is 12.1 Å². The number of halogens is 3. The fraction of sp³-hybridized carbons (Fsp3) is 0.462. The number of primary amides is 1. The summed E-state index contributed by atoms with van der Waals surface area (Å²) in [5.74, 6) is -0.573. The zero-order valence-corrected chi connectivity index (χ0v) is 12.7. The molecule has 1 aromatic carbocycles. The number of nitrogens with two attached hydrogens (primary N) is 1. The van der Waals surface area contributed by atoms with Gasteiger partial charge in [-0.2, -0.15) is 0 Å². The molecule has 1 aliphatic rings. The van der Waals surface area contributed by atoms with Crippen LogP contribution in [0, 0.1) is 5.82 Å². The number of carbonyl (C=O) groups excluding carboxylic acids is 1. The summed E-state index contributed by atoms with van der Waals surface area (Å²) in [6, 6.07) is 6.24. The third-order valence-electron chi connectivity index (χ3n) is 3.47. The maximum absolute atomic E-state index is 12.8. The fourth-order valence-electron chi connectivity index (χ4n) is 2.24. The molecule has 1 heterocycles. The average molecular weight is 324 g/mol. The number of rotatable bonds is 4. The Morgan fingerprint density at radius 1 is 1.25 bits per heavy atom. The van der Waals surface area contributed by atoms with Crippen molar-refractivity contribution in [3.63, 3.8) is 0 Å². The molecule has 114 valence electrons. The third kappa shape index (κ3) is 4.59. The quantitative estimate of drug-likeness (QED) is 0.784. The Morgan fingerprint density at radius 2 is 1.80 bits per heavy atom. The van der Waals surface area contributed by atoms with Crippen LogP contribution in [0.1, 0.15) is 18.4 Å². The molecule has 2 rings (SSSR count). The number of nitrogens with one attached hydrogen (secondary N) is 2. The summed E-state index contributed by atoms with van der Waals surface area (Å²) in [5, 5.41) is 6.44. The van der Waals surface area contributed by atoms with E-state index in [9.17, 15) is 9.18 Å². The van der Waals surface area contributed by atoms with Crippen LogP contribution in [0.15, 0.2) is 24.3 Å². The molecule has 1 amide bonds. The molecular formula is C13H20Cl2FN3O. The molecule has 7 heteroatoms. The smallest absolute Gasteiger partial charge is 0.237 e. The van der Waals surface area contributed by atoms with Crippen LogP contribution in [0.4, 0.5) is 4.39 Å². The van der Waals surface area contributed by atoms with E-state index in [1.807, 2.05) is 0 Å². The predicted octanol–water partition coefficient (Wildman–Crippen LogP) is 1.37. The summed E-state index contributed by atoms with van der Waals surface area (Å²) in [7, 11) is 0. The number of benzene rings is 1. The highest BCUT2D eigenvalue weighted by Gasteiger charge is 2.37. The minimum Gasteiger partial charge on any atom is -0.368 e. The first-order valence-electron chi connectivity index (χ1n) is 6.12. The summed E-state index contributed by atoms with van der Waals surface area (Å²) in [6.45, 7) is 2.07. The topological polar surface area (TPSA) is 67.2 Å². The monoisotopic (exact) mass is 323 g/mol. The molecule has 4 N–H and O–H groups in total. The molecule has 4 nitrogen and oxygen atoms in total. The van der Waals surface area contributed by atoms with E-state index in [2.05, 4.69) is 10.6 Å². The van der Waals surface area contributed by atoms with Gasteiger partial charge in [0, 0.05) is 6.54 Å². The Labute approximate surface area is 130 Å². The maximum Gasteiger partial charge on any atom is 0.237 e. The summed E-state index contributed by atoms with van der Waals surface area (Å²) in [4.78, 5) is 11.6. The molecule has 0 aromatic heterocycles. The van der Waals surface area contributed by atoms with Gasteiger partial charge in [-0.05, 0) is 43.6 Å². The van der Waals surface area contributed by atoms with E-state index >= 15 is 0 Å². The summed E-state index contributed by atoms with van der Waals surface area (Å²) in [6.07, 6.45) is 1.37. The van der Waals surface area contributed by atoms with Crippen molar-refractivity contribution in [2.45, 2.75) is 24.9 Å². The zero-order chi connectivity index (χ0) is 13.0. The number of hydrogen-bond donors (Lipinski definition) is 3. The second kappa shape index (κ2) is 8.42. The van der Waals surface area contributed by atoms with E-state index in [0.29, 0.717) is 19.4 Å². The first-order valence-corrected chi connectivity index (χ1v) is 6.12. The lowest BCUT2D eigenvalue weighted by Crippen LogP contribution is -2.60. The van der Waals surface area contributed by atoms with Crippen LogP contribution in [0.25, 0.3) is 0 Å². The Kier molecular flexibility index (Phi) is 8.05. The summed E-state index contributed by atoms with van der Waals surface area (Å²) in [5.41, 5.74) is 5.80. The second-order valence-corrected chi connectivity index (χ2v) is 4.68. The lowest BCUT2D eigenvalue weighted by Gasteiger charge is -2.35. The standard InChI is InChI=1S/C13H18FN3O.2ClH/c14-11-3-1-10(2-4-11)9-17-13(12(15)18)5-7-16-8-6-13;;/h1-4,16-17H,5-9H2,(H2,15,18);2*1H. The Hall–Kier alpha value is -0.880. The van der Waals surface area contributed by atoms with E-state index in [4.69, 9.17) is 5.73 Å². The van der Waals surface area contributed by atoms with Gasteiger partial charge in [0.1, 0.15) is 11.4 Å². The number of amides is 1. The molecule has 1 saturated heterocycles. The molecule has 1 aliphatic heterocycles. The largest absolute Gasteiger partial charge is 0.368 e. The maximum atomic E-state index is 12.8. The second-order valence-electron chi connectivity index (χ2n) is 4.68. The lowest BCUT2D eigenvalue weighted by atomic mass is 9.87.